The second-order valence-corrected chi connectivity index (χ2v) is 8.30. The second kappa shape index (κ2) is 10.6. The zero-order valence-corrected chi connectivity index (χ0v) is 20.3. The summed E-state index contributed by atoms with van der Waals surface area (Å²) in [6.45, 7) is 3.59. The van der Waals surface area contributed by atoms with Gasteiger partial charge in [0.1, 0.15) is 24.7 Å². The molecule has 2 amide bonds. The number of amides is 2. The van der Waals surface area contributed by atoms with Gasteiger partial charge in [-0.15, -0.1) is 0 Å². The molecule has 4 aromatic rings. The molecule has 0 unspecified atom stereocenters. The number of ether oxygens (including phenoxy) is 4. The summed E-state index contributed by atoms with van der Waals surface area (Å²) in [5, 5.41) is 6.91. The average molecular weight is 506 g/mol. The van der Waals surface area contributed by atoms with E-state index >= 15 is 0 Å². The van der Waals surface area contributed by atoms with Crippen molar-refractivity contribution in [3.63, 3.8) is 0 Å². The maximum absolute atomic E-state index is 12.3. The Hall–Kier alpha value is -4.17. The van der Waals surface area contributed by atoms with Crippen LogP contribution in [-0.4, -0.2) is 30.8 Å². The predicted octanol–water partition coefficient (Wildman–Crippen LogP) is 6.17. The maximum Gasteiger partial charge on any atom is 0.319 e. The fourth-order valence-corrected chi connectivity index (χ4v) is 4.05. The SMILES string of the molecule is CCOc1cc2nccc(Oc3ccc(NC(=O)NCc4ccccc4Cl)cc3)c2c2c1OCCO2. The number of urea groups is 1. The average Bonchev–Trinajstić information content (AvgIpc) is 2.90. The Bertz CT molecular complexity index is 1390. The van der Waals surface area contributed by atoms with Crippen LogP contribution in [-0.2, 0) is 6.54 Å². The molecule has 5 rings (SSSR count). The van der Waals surface area contributed by atoms with Crippen LogP contribution in [0.15, 0.2) is 66.9 Å². The summed E-state index contributed by atoms with van der Waals surface area (Å²) < 4.78 is 23.7. The van der Waals surface area contributed by atoms with E-state index in [0.717, 1.165) is 5.56 Å². The van der Waals surface area contributed by atoms with Crippen molar-refractivity contribution in [2.75, 3.05) is 25.1 Å². The highest BCUT2D eigenvalue weighted by Crippen LogP contribution is 2.48. The first-order chi connectivity index (χ1) is 17.6. The molecule has 0 saturated heterocycles. The van der Waals surface area contributed by atoms with E-state index in [9.17, 15) is 4.79 Å². The molecule has 0 saturated carbocycles. The Balaban J connectivity index is 1.31. The van der Waals surface area contributed by atoms with Gasteiger partial charge in [0.2, 0.25) is 5.75 Å². The van der Waals surface area contributed by atoms with Crippen LogP contribution in [0.3, 0.4) is 0 Å². The van der Waals surface area contributed by atoms with E-state index in [0.29, 0.717) is 76.7 Å². The minimum absolute atomic E-state index is 0.322. The third-order valence-corrected chi connectivity index (χ3v) is 5.85. The molecule has 1 aliphatic rings. The van der Waals surface area contributed by atoms with Crippen LogP contribution in [0, 0.1) is 0 Å². The molecule has 0 radical (unpaired) electrons. The number of rotatable bonds is 7. The largest absolute Gasteiger partial charge is 0.490 e. The van der Waals surface area contributed by atoms with E-state index in [1.165, 1.54) is 0 Å². The van der Waals surface area contributed by atoms with Crippen LogP contribution in [0.5, 0.6) is 28.7 Å². The molecule has 0 spiro atoms. The molecule has 0 fully saturated rings. The number of carbonyl (C=O) groups excluding carboxylic acids is 1. The van der Waals surface area contributed by atoms with Crippen molar-refractivity contribution in [1.29, 1.82) is 0 Å². The lowest BCUT2D eigenvalue weighted by molar-refractivity contribution is 0.165. The van der Waals surface area contributed by atoms with Gasteiger partial charge in [0.25, 0.3) is 0 Å². The van der Waals surface area contributed by atoms with E-state index in [2.05, 4.69) is 15.6 Å². The van der Waals surface area contributed by atoms with Crippen LogP contribution in [0.25, 0.3) is 10.9 Å². The normalized spacial score (nSPS) is 12.2. The first kappa shape index (κ1) is 23.6. The van der Waals surface area contributed by atoms with Gasteiger partial charge >= 0.3 is 6.03 Å². The van der Waals surface area contributed by atoms with Crippen LogP contribution >= 0.6 is 11.6 Å². The van der Waals surface area contributed by atoms with Gasteiger partial charge in [0, 0.05) is 29.5 Å². The molecule has 9 heteroatoms. The molecule has 0 aliphatic carbocycles. The third kappa shape index (κ3) is 5.08. The Morgan fingerprint density at radius 2 is 1.81 bits per heavy atom. The molecular weight excluding hydrogens is 482 g/mol. The summed E-state index contributed by atoms with van der Waals surface area (Å²) >= 11 is 6.14. The fourth-order valence-electron chi connectivity index (χ4n) is 3.85. The van der Waals surface area contributed by atoms with Crippen LogP contribution in [0.4, 0.5) is 10.5 Å². The Kier molecular flexibility index (Phi) is 6.95. The quantitative estimate of drug-likeness (QED) is 0.312. The third-order valence-electron chi connectivity index (χ3n) is 5.48. The van der Waals surface area contributed by atoms with Gasteiger partial charge in [-0.25, -0.2) is 4.79 Å². The standard InChI is InChI=1S/C27H24ClN3O5/c1-2-33-23-15-21-24(26-25(23)34-13-14-35-26)22(11-12-29-21)36-19-9-7-18(8-10-19)31-27(32)30-16-17-5-3-4-6-20(17)28/h3-12,15H,2,13-14,16H2,1H3,(H2,30,31,32). The van der Waals surface area contributed by atoms with Gasteiger partial charge in [0.15, 0.2) is 11.5 Å². The molecule has 2 heterocycles. The number of aromatic nitrogens is 1. The summed E-state index contributed by atoms with van der Waals surface area (Å²) in [5.74, 6) is 2.86. The lowest BCUT2D eigenvalue weighted by Gasteiger charge is -2.23. The number of nitrogens with zero attached hydrogens (tertiary/aromatic N) is 1. The molecule has 2 N–H and O–H groups in total. The zero-order chi connectivity index (χ0) is 24.9. The van der Waals surface area contributed by atoms with Crippen molar-refractivity contribution < 1.29 is 23.7 Å². The molecule has 184 valence electrons. The number of hydrogen-bond donors (Lipinski definition) is 2. The van der Waals surface area contributed by atoms with Gasteiger partial charge in [-0.05, 0) is 48.9 Å². The van der Waals surface area contributed by atoms with Crippen LogP contribution in [0.1, 0.15) is 12.5 Å². The Morgan fingerprint density at radius 1 is 1.03 bits per heavy atom. The van der Waals surface area contributed by atoms with Crippen molar-refractivity contribution in [3.8, 4) is 28.7 Å². The number of hydrogen-bond acceptors (Lipinski definition) is 6. The van der Waals surface area contributed by atoms with Crippen LogP contribution < -0.4 is 29.6 Å². The fraction of sp³-hybridized carbons (Fsp3) is 0.185. The molecular formula is C27H24ClN3O5. The van der Waals surface area contributed by atoms with Gasteiger partial charge in [-0.2, -0.15) is 0 Å². The summed E-state index contributed by atoms with van der Waals surface area (Å²) in [6.07, 6.45) is 1.67. The summed E-state index contributed by atoms with van der Waals surface area (Å²) in [5.41, 5.74) is 2.13. The molecule has 0 bridgehead atoms. The van der Waals surface area contributed by atoms with Gasteiger partial charge in [-0.1, -0.05) is 29.8 Å². The van der Waals surface area contributed by atoms with E-state index in [1.807, 2.05) is 31.2 Å². The van der Waals surface area contributed by atoms with Crippen molar-refractivity contribution >= 4 is 34.2 Å². The van der Waals surface area contributed by atoms with Gasteiger partial charge < -0.3 is 29.6 Å². The smallest absolute Gasteiger partial charge is 0.319 e. The van der Waals surface area contributed by atoms with Gasteiger partial charge in [-0.3, -0.25) is 4.98 Å². The monoisotopic (exact) mass is 505 g/mol. The minimum atomic E-state index is -0.336. The summed E-state index contributed by atoms with van der Waals surface area (Å²) in [4.78, 5) is 16.8. The summed E-state index contributed by atoms with van der Waals surface area (Å²) in [7, 11) is 0. The van der Waals surface area contributed by atoms with E-state index < -0.39 is 0 Å². The van der Waals surface area contributed by atoms with Crippen molar-refractivity contribution in [1.82, 2.24) is 10.3 Å². The second-order valence-electron chi connectivity index (χ2n) is 7.89. The Morgan fingerprint density at radius 3 is 2.58 bits per heavy atom. The first-order valence-electron chi connectivity index (χ1n) is 11.5. The highest BCUT2D eigenvalue weighted by Gasteiger charge is 2.24. The van der Waals surface area contributed by atoms with E-state index in [-0.39, 0.29) is 6.03 Å². The first-order valence-corrected chi connectivity index (χ1v) is 11.9. The topological polar surface area (TPSA) is 90.9 Å². The Labute approximate surface area is 213 Å². The molecule has 8 nitrogen and oxygen atoms in total. The number of halogens is 1. The maximum atomic E-state index is 12.3. The van der Waals surface area contributed by atoms with E-state index in [1.54, 1.807) is 42.6 Å². The molecule has 0 atom stereocenters. The number of carbonyl (C=O) groups is 1. The molecule has 1 aromatic heterocycles. The highest BCUT2D eigenvalue weighted by molar-refractivity contribution is 6.31. The van der Waals surface area contributed by atoms with Crippen LogP contribution in [0.2, 0.25) is 5.02 Å². The van der Waals surface area contributed by atoms with Crippen molar-refractivity contribution in [3.05, 3.63) is 77.4 Å². The van der Waals surface area contributed by atoms with Crippen molar-refractivity contribution in [2.45, 2.75) is 13.5 Å². The number of pyridine rings is 1. The summed E-state index contributed by atoms with van der Waals surface area (Å²) in [6, 6.07) is 17.7. The molecule has 36 heavy (non-hydrogen) atoms. The lowest BCUT2D eigenvalue weighted by atomic mass is 10.1. The molecule has 1 aliphatic heterocycles. The van der Waals surface area contributed by atoms with E-state index in [4.69, 9.17) is 30.5 Å². The molecule has 3 aromatic carbocycles. The minimum Gasteiger partial charge on any atom is -0.490 e. The van der Waals surface area contributed by atoms with Gasteiger partial charge in [0.05, 0.1) is 17.5 Å². The number of anilines is 1. The zero-order valence-electron chi connectivity index (χ0n) is 19.5. The number of fused-ring (bicyclic) bond motifs is 3. The number of benzene rings is 3. The van der Waals surface area contributed by atoms with Crippen molar-refractivity contribution in [2.24, 2.45) is 0 Å². The number of nitrogens with one attached hydrogen (secondary N) is 2. The lowest BCUT2D eigenvalue weighted by Crippen LogP contribution is -2.28. The highest BCUT2D eigenvalue weighted by atomic mass is 35.5. The predicted molar refractivity (Wildman–Crippen MR) is 138 cm³/mol.